The molecule has 0 unspecified atom stereocenters. The molecule has 1 aromatic heterocycles. The van der Waals surface area contributed by atoms with Crippen LogP contribution in [0.15, 0.2) is 29.4 Å². The van der Waals surface area contributed by atoms with Crippen molar-refractivity contribution in [3.63, 3.8) is 0 Å². The molecule has 0 aliphatic rings. The van der Waals surface area contributed by atoms with Crippen LogP contribution in [-0.2, 0) is 19.4 Å². The summed E-state index contributed by atoms with van der Waals surface area (Å²) in [5.74, 6) is 0.831. The molecule has 132 valence electrons. The van der Waals surface area contributed by atoms with Crippen LogP contribution in [0, 0.1) is 13.8 Å². The molecule has 4 nitrogen and oxygen atoms in total. The smallest absolute Gasteiger partial charge is 0.191 e. The predicted octanol–water partition coefficient (Wildman–Crippen LogP) is 3.85. The first-order chi connectivity index (χ1) is 11.1. The second kappa shape index (κ2) is 10.7. The molecule has 0 fully saturated rings. The molecular weight excluding hydrogens is 431 g/mol. The van der Waals surface area contributed by atoms with Crippen LogP contribution < -0.4 is 10.6 Å². The largest absolute Gasteiger partial charge is 0.356 e. The molecule has 24 heavy (non-hydrogen) atoms. The van der Waals surface area contributed by atoms with E-state index in [2.05, 4.69) is 59.6 Å². The zero-order valence-corrected chi connectivity index (χ0v) is 18.0. The zero-order valence-electron chi connectivity index (χ0n) is 14.8. The maximum absolute atomic E-state index is 4.44. The molecule has 0 aliphatic heterocycles. The van der Waals surface area contributed by atoms with E-state index < -0.39 is 0 Å². The predicted molar refractivity (Wildman–Crippen MR) is 115 cm³/mol. The fourth-order valence-electron chi connectivity index (χ4n) is 2.36. The lowest BCUT2D eigenvalue weighted by molar-refractivity contribution is 0.790. The Morgan fingerprint density at radius 3 is 2.67 bits per heavy atom. The summed E-state index contributed by atoms with van der Waals surface area (Å²) in [7, 11) is 1.80. The van der Waals surface area contributed by atoms with Gasteiger partial charge in [-0.3, -0.25) is 4.99 Å². The van der Waals surface area contributed by atoms with Gasteiger partial charge in [-0.25, -0.2) is 4.98 Å². The van der Waals surface area contributed by atoms with E-state index in [4.69, 9.17) is 0 Å². The van der Waals surface area contributed by atoms with E-state index in [9.17, 15) is 0 Å². The normalized spacial score (nSPS) is 11.1. The molecule has 6 heteroatoms. The fourth-order valence-corrected chi connectivity index (χ4v) is 3.22. The Morgan fingerprint density at radius 1 is 1.25 bits per heavy atom. The molecule has 0 amide bonds. The standard InChI is InChI=1S/C18H26N4S.HI/c1-5-16-12-21-17(23-16)8-9-20-18(19-4)22-11-15-7-6-13(2)10-14(15)3;/h6-7,10,12H,5,8-9,11H2,1-4H3,(H2,19,20,22);1H. The van der Waals surface area contributed by atoms with E-state index in [1.807, 2.05) is 6.20 Å². The van der Waals surface area contributed by atoms with Crippen LogP contribution in [0.5, 0.6) is 0 Å². The topological polar surface area (TPSA) is 49.3 Å². The Bertz CT molecular complexity index is 667. The van der Waals surface area contributed by atoms with Crippen LogP contribution in [0.3, 0.4) is 0 Å². The Hall–Kier alpha value is -1.15. The van der Waals surface area contributed by atoms with E-state index in [1.165, 1.54) is 26.6 Å². The zero-order chi connectivity index (χ0) is 16.7. The number of hydrogen-bond acceptors (Lipinski definition) is 3. The lowest BCUT2D eigenvalue weighted by atomic mass is 10.1. The van der Waals surface area contributed by atoms with Crippen molar-refractivity contribution in [3.8, 4) is 0 Å². The lowest BCUT2D eigenvalue weighted by Gasteiger charge is -2.13. The number of nitrogens with zero attached hydrogens (tertiary/aromatic N) is 2. The maximum Gasteiger partial charge on any atom is 0.191 e. The average molecular weight is 458 g/mol. The molecule has 0 aliphatic carbocycles. The number of aryl methyl sites for hydroxylation is 3. The maximum atomic E-state index is 4.44. The highest BCUT2D eigenvalue weighted by Gasteiger charge is 2.03. The molecule has 0 bridgehead atoms. The SMILES string of the molecule is CCc1cnc(CCNC(=NC)NCc2ccc(C)cc2C)s1.I. The van der Waals surface area contributed by atoms with Crippen LogP contribution >= 0.6 is 35.3 Å². The van der Waals surface area contributed by atoms with E-state index in [1.54, 1.807) is 18.4 Å². The molecule has 0 saturated heterocycles. The van der Waals surface area contributed by atoms with Crippen molar-refractivity contribution < 1.29 is 0 Å². The number of rotatable bonds is 6. The van der Waals surface area contributed by atoms with Gasteiger partial charge in [0, 0.05) is 37.6 Å². The van der Waals surface area contributed by atoms with Crippen molar-refractivity contribution in [1.82, 2.24) is 15.6 Å². The minimum absolute atomic E-state index is 0. The van der Waals surface area contributed by atoms with E-state index in [0.717, 1.165) is 31.9 Å². The van der Waals surface area contributed by atoms with Gasteiger partial charge >= 0.3 is 0 Å². The van der Waals surface area contributed by atoms with Gasteiger partial charge in [-0.15, -0.1) is 35.3 Å². The fraction of sp³-hybridized carbons (Fsp3) is 0.444. The Balaban J connectivity index is 0.00000288. The minimum Gasteiger partial charge on any atom is -0.356 e. The molecule has 0 radical (unpaired) electrons. The van der Waals surface area contributed by atoms with Crippen molar-refractivity contribution in [1.29, 1.82) is 0 Å². The second-order valence-electron chi connectivity index (χ2n) is 5.61. The van der Waals surface area contributed by atoms with Crippen LogP contribution in [0.1, 0.15) is 33.5 Å². The summed E-state index contributed by atoms with van der Waals surface area (Å²) in [5.41, 5.74) is 3.90. The highest BCUT2D eigenvalue weighted by Crippen LogP contribution is 2.13. The van der Waals surface area contributed by atoms with Gasteiger partial charge in [-0.2, -0.15) is 0 Å². The molecular formula is C18H27IN4S. The number of benzene rings is 1. The van der Waals surface area contributed by atoms with Gasteiger partial charge in [-0.05, 0) is 31.4 Å². The third kappa shape index (κ3) is 6.39. The Morgan fingerprint density at radius 2 is 2.04 bits per heavy atom. The number of halogens is 1. The monoisotopic (exact) mass is 458 g/mol. The van der Waals surface area contributed by atoms with E-state index >= 15 is 0 Å². The quantitative estimate of drug-likeness (QED) is 0.393. The molecule has 2 aromatic rings. The van der Waals surface area contributed by atoms with Crippen LogP contribution in [0.4, 0.5) is 0 Å². The van der Waals surface area contributed by atoms with Crippen LogP contribution in [-0.4, -0.2) is 24.5 Å². The number of aliphatic imine (C=N–C) groups is 1. The molecule has 1 heterocycles. The number of guanidine groups is 1. The Kier molecular flexibility index (Phi) is 9.28. The molecule has 1 aromatic carbocycles. The first-order valence-electron chi connectivity index (χ1n) is 8.06. The van der Waals surface area contributed by atoms with Gasteiger partial charge in [0.05, 0.1) is 5.01 Å². The molecule has 0 atom stereocenters. The number of hydrogen-bond donors (Lipinski definition) is 2. The van der Waals surface area contributed by atoms with Crippen LogP contribution in [0.25, 0.3) is 0 Å². The second-order valence-corrected chi connectivity index (χ2v) is 6.81. The van der Waals surface area contributed by atoms with Crippen LogP contribution in [0.2, 0.25) is 0 Å². The van der Waals surface area contributed by atoms with E-state index in [-0.39, 0.29) is 24.0 Å². The summed E-state index contributed by atoms with van der Waals surface area (Å²) in [5, 5.41) is 7.90. The van der Waals surface area contributed by atoms with Crippen molar-refractivity contribution >= 4 is 41.3 Å². The van der Waals surface area contributed by atoms with Crippen molar-refractivity contribution in [3.05, 3.63) is 51.0 Å². The van der Waals surface area contributed by atoms with Gasteiger partial charge in [0.2, 0.25) is 0 Å². The third-order valence-electron chi connectivity index (χ3n) is 3.75. The highest BCUT2D eigenvalue weighted by molar-refractivity contribution is 14.0. The number of thiazole rings is 1. The lowest BCUT2D eigenvalue weighted by Crippen LogP contribution is -2.38. The summed E-state index contributed by atoms with van der Waals surface area (Å²) in [4.78, 5) is 10.1. The summed E-state index contributed by atoms with van der Waals surface area (Å²) in [6.45, 7) is 8.04. The highest BCUT2D eigenvalue weighted by atomic mass is 127. The first kappa shape index (κ1) is 20.9. The first-order valence-corrected chi connectivity index (χ1v) is 8.88. The summed E-state index contributed by atoms with van der Waals surface area (Å²) in [6, 6.07) is 6.53. The number of nitrogens with one attached hydrogen (secondary N) is 2. The summed E-state index contributed by atoms with van der Waals surface area (Å²) >= 11 is 1.79. The summed E-state index contributed by atoms with van der Waals surface area (Å²) in [6.07, 6.45) is 3.96. The van der Waals surface area contributed by atoms with Gasteiger partial charge < -0.3 is 10.6 Å². The molecule has 2 N–H and O–H groups in total. The third-order valence-corrected chi connectivity index (χ3v) is 4.95. The van der Waals surface area contributed by atoms with Gasteiger partial charge in [0.25, 0.3) is 0 Å². The van der Waals surface area contributed by atoms with Crippen molar-refractivity contribution in [2.45, 2.75) is 40.2 Å². The molecule has 0 saturated carbocycles. The molecule has 2 rings (SSSR count). The van der Waals surface area contributed by atoms with Gasteiger partial charge in [0.15, 0.2) is 5.96 Å². The Labute approximate surface area is 166 Å². The van der Waals surface area contributed by atoms with E-state index in [0.29, 0.717) is 0 Å². The molecule has 0 spiro atoms. The van der Waals surface area contributed by atoms with Gasteiger partial charge in [-0.1, -0.05) is 30.7 Å². The average Bonchev–Trinajstić information content (AvgIpc) is 3.00. The minimum atomic E-state index is 0. The summed E-state index contributed by atoms with van der Waals surface area (Å²) < 4.78 is 0. The number of aromatic nitrogens is 1. The van der Waals surface area contributed by atoms with Crippen molar-refractivity contribution in [2.24, 2.45) is 4.99 Å². The van der Waals surface area contributed by atoms with Gasteiger partial charge in [0.1, 0.15) is 0 Å². The van der Waals surface area contributed by atoms with Crippen molar-refractivity contribution in [2.75, 3.05) is 13.6 Å².